The van der Waals surface area contributed by atoms with E-state index in [1.165, 1.54) is 0 Å². The predicted molar refractivity (Wildman–Crippen MR) is 47.4 cm³/mol. The molecule has 1 aliphatic heterocycles. The first-order valence-electron chi connectivity index (χ1n) is 4.58. The zero-order valence-corrected chi connectivity index (χ0v) is 8.22. The van der Waals surface area contributed by atoms with E-state index in [9.17, 15) is 20.1 Å². The Bertz CT molecular complexity index is 265. The third-order valence-corrected chi connectivity index (χ3v) is 2.52. The number of aliphatic hydroxyl groups is 5. The Morgan fingerprint density at radius 3 is 2.25 bits per heavy atom. The largest absolute Gasteiger partial charge is 0.479 e. The van der Waals surface area contributed by atoms with Crippen LogP contribution in [0.5, 0.6) is 0 Å². The van der Waals surface area contributed by atoms with E-state index < -0.39 is 42.6 Å². The maximum absolute atomic E-state index is 10.8. The molecule has 0 aliphatic carbocycles. The summed E-state index contributed by atoms with van der Waals surface area (Å²) in [5.74, 6) is -1.77. The molecule has 94 valence electrons. The van der Waals surface area contributed by atoms with Crippen LogP contribution >= 0.6 is 0 Å². The smallest absolute Gasteiger partial charge is 0.341 e. The summed E-state index contributed by atoms with van der Waals surface area (Å²) in [6.07, 6.45) is -7.05. The number of carboxylic acids is 1. The fourth-order valence-electron chi connectivity index (χ4n) is 1.34. The monoisotopic (exact) mass is 238 g/mol. The van der Waals surface area contributed by atoms with Gasteiger partial charge in [-0.3, -0.25) is 0 Å². The van der Waals surface area contributed by atoms with Crippen molar-refractivity contribution in [1.29, 1.82) is 0 Å². The van der Waals surface area contributed by atoms with E-state index in [2.05, 4.69) is 4.74 Å². The molecule has 0 amide bonds. The molecule has 16 heavy (non-hydrogen) atoms. The number of epoxide rings is 1. The first-order valence-corrected chi connectivity index (χ1v) is 4.58. The minimum atomic E-state index is -2.70. The zero-order chi connectivity index (χ0) is 12.5. The topological polar surface area (TPSA) is 151 Å². The van der Waals surface area contributed by atoms with Gasteiger partial charge in [0.25, 0.3) is 0 Å². The summed E-state index contributed by atoms with van der Waals surface area (Å²) in [6, 6.07) is 0. The van der Waals surface area contributed by atoms with Crippen LogP contribution in [0, 0.1) is 0 Å². The van der Waals surface area contributed by atoms with Gasteiger partial charge in [0.15, 0.2) is 0 Å². The van der Waals surface area contributed by atoms with Crippen LogP contribution in [-0.4, -0.2) is 79.8 Å². The molecule has 5 atom stereocenters. The molecule has 1 aliphatic rings. The summed E-state index contributed by atoms with van der Waals surface area (Å²) in [5, 5.41) is 54.8. The number of aliphatic hydroxyl groups excluding tert-OH is 4. The van der Waals surface area contributed by atoms with Gasteiger partial charge >= 0.3 is 5.97 Å². The van der Waals surface area contributed by atoms with Crippen molar-refractivity contribution in [2.75, 3.05) is 13.2 Å². The Morgan fingerprint density at radius 2 is 1.94 bits per heavy atom. The lowest BCUT2D eigenvalue weighted by atomic mass is 9.87. The van der Waals surface area contributed by atoms with Gasteiger partial charge in [-0.15, -0.1) is 0 Å². The van der Waals surface area contributed by atoms with Crippen LogP contribution in [0.15, 0.2) is 0 Å². The molecule has 1 unspecified atom stereocenters. The first-order chi connectivity index (χ1) is 7.35. The van der Waals surface area contributed by atoms with E-state index in [0.29, 0.717) is 0 Å². The van der Waals surface area contributed by atoms with E-state index in [1.54, 1.807) is 0 Å². The standard InChI is InChI=1S/C8H14O8/c9-1-3(10)5(11)6(12)8(15,7(13)14)4-2-16-4/h3-6,9-12,15H,1-2H2,(H,13,14)/t3-,4?,5-,6+,8-/m1/s1. The molecule has 8 nitrogen and oxygen atoms in total. The molecule has 0 radical (unpaired) electrons. The number of carboxylic acid groups (broad SMARTS) is 1. The van der Waals surface area contributed by atoms with Gasteiger partial charge in [-0.2, -0.15) is 0 Å². The molecular formula is C8H14O8. The maximum atomic E-state index is 10.8. The Labute approximate surface area is 90.3 Å². The average molecular weight is 238 g/mol. The fourth-order valence-corrected chi connectivity index (χ4v) is 1.34. The quantitative estimate of drug-likeness (QED) is 0.258. The van der Waals surface area contributed by atoms with Crippen molar-refractivity contribution >= 4 is 5.97 Å². The number of aliphatic carboxylic acids is 1. The molecule has 8 heteroatoms. The van der Waals surface area contributed by atoms with Crippen LogP contribution in [-0.2, 0) is 9.53 Å². The summed E-state index contributed by atoms with van der Waals surface area (Å²) in [7, 11) is 0. The van der Waals surface area contributed by atoms with Crippen LogP contribution in [0.2, 0.25) is 0 Å². The summed E-state index contributed by atoms with van der Waals surface area (Å²) < 4.78 is 4.57. The van der Waals surface area contributed by atoms with Crippen LogP contribution in [0.1, 0.15) is 0 Å². The Hall–Kier alpha value is -0.770. The first kappa shape index (κ1) is 13.3. The summed E-state index contributed by atoms with van der Waals surface area (Å²) in [5.41, 5.74) is -2.70. The lowest BCUT2D eigenvalue weighted by molar-refractivity contribution is -0.195. The molecule has 1 saturated heterocycles. The van der Waals surface area contributed by atoms with Crippen LogP contribution in [0.3, 0.4) is 0 Å². The third-order valence-electron chi connectivity index (χ3n) is 2.52. The molecule has 0 spiro atoms. The van der Waals surface area contributed by atoms with E-state index in [4.69, 9.17) is 15.3 Å². The molecule has 1 fully saturated rings. The molecular weight excluding hydrogens is 224 g/mol. The summed E-state index contributed by atoms with van der Waals surface area (Å²) in [6.45, 7) is -0.943. The van der Waals surface area contributed by atoms with Crippen molar-refractivity contribution < 1.29 is 40.2 Å². The van der Waals surface area contributed by atoms with Crippen molar-refractivity contribution in [1.82, 2.24) is 0 Å². The summed E-state index contributed by atoms with van der Waals surface area (Å²) in [4.78, 5) is 10.8. The van der Waals surface area contributed by atoms with Crippen molar-refractivity contribution in [3.8, 4) is 0 Å². The van der Waals surface area contributed by atoms with Gasteiger partial charge in [0.2, 0.25) is 5.60 Å². The van der Waals surface area contributed by atoms with Gasteiger partial charge in [-0.05, 0) is 0 Å². The van der Waals surface area contributed by atoms with Gasteiger partial charge in [0.05, 0.1) is 13.2 Å². The second-order valence-electron chi connectivity index (χ2n) is 3.64. The summed E-state index contributed by atoms with van der Waals surface area (Å²) >= 11 is 0. The molecule has 0 aromatic rings. The molecule has 6 N–H and O–H groups in total. The molecule has 1 rings (SSSR count). The molecule has 0 saturated carbocycles. The van der Waals surface area contributed by atoms with Crippen molar-refractivity contribution in [2.45, 2.75) is 30.0 Å². The van der Waals surface area contributed by atoms with Gasteiger partial charge in [-0.25, -0.2) is 4.79 Å². The number of hydrogen-bond acceptors (Lipinski definition) is 7. The molecule has 0 aromatic carbocycles. The Kier molecular flexibility index (Phi) is 3.84. The molecule has 0 aromatic heterocycles. The highest BCUT2D eigenvalue weighted by molar-refractivity contribution is 5.79. The van der Waals surface area contributed by atoms with Crippen LogP contribution in [0.25, 0.3) is 0 Å². The van der Waals surface area contributed by atoms with Crippen LogP contribution in [0.4, 0.5) is 0 Å². The molecule has 1 heterocycles. The zero-order valence-electron chi connectivity index (χ0n) is 8.22. The highest BCUT2D eigenvalue weighted by atomic mass is 16.6. The highest BCUT2D eigenvalue weighted by Crippen LogP contribution is 2.30. The Balaban J connectivity index is 2.82. The van der Waals surface area contributed by atoms with Crippen molar-refractivity contribution in [3.05, 3.63) is 0 Å². The minimum Gasteiger partial charge on any atom is -0.479 e. The number of rotatable bonds is 6. The second kappa shape index (κ2) is 4.62. The van der Waals surface area contributed by atoms with Crippen molar-refractivity contribution in [2.24, 2.45) is 0 Å². The Morgan fingerprint density at radius 1 is 1.44 bits per heavy atom. The van der Waals surface area contributed by atoms with Gasteiger partial charge in [-0.1, -0.05) is 0 Å². The number of ether oxygens (including phenoxy) is 1. The van der Waals surface area contributed by atoms with Gasteiger partial charge < -0.3 is 35.4 Å². The second-order valence-corrected chi connectivity index (χ2v) is 3.64. The third kappa shape index (κ3) is 2.17. The molecule has 0 bridgehead atoms. The van der Waals surface area contributed by atoms with E-state index in [-0.39, 0.29) is 6.61 Å². The lowest BCUT2D eigenvalue weighted by Gasteiger charge is -2.32. The van der Waals surface area contributed by atoms with Crippen molar-refractivity contribution in [3.63, 3.8) is 0 Å². The highest BCUT2D eigenvalue weighted by Gasteiger charge is 2.59. The SMILES string of the molecule is O=C(O)[C@@](O)(C1CO1)[C@@H](O)[C@H](O)[C@H](O)CO. The van der Waals surface area contributed by atoms with E-state index in [1.807, 2.05) is 0 Å². The predicted octanol–water partition coefficient (Wildman–Crippen LogP) is -3.72. The maximum Gasteiger partial charge on any atom is 0.341 e. The average Bonchev–Trinajstić information content (AvgIpc) is 3.08. The lowest BCUT2D eigenvalue weighted by Crippen LogP contribution is -2.61. The normalized spacial score (nSPS) is 28.9. The van der Waals surface area contributed by atoms with Gasteiger partial charge in [0, 0.05) is 0 Å². The fraction of sp³-hybridized carbons (Fsp3) is 0.875. The number of hydrogen-bond donors (Lipinski definition) is 6. The minimum absolute atomic E-state index is 0.0677. The van der Waals surface area contributed by atoms with E-state index >= 15 is 0 Å². The number of carbonyl (C=O) groups is 1. The van der Waals surface area contributed by atoms with Gasteiger partial charge in [0.1, 0.15) is 24.4 Å². The van der Waals surface area contributed by atoms with Crippen LogP contribution < -0.4 is 0 Å². The van der Waals surface area contributed by atoms with E-state index in [0.717, 1.165) is 0 Å².